The Morgan fingerprint density at radius 3 is 2.80 bits per heavy atom. The average molecular weight is 158 g/mol. The van der Waals surface area contributed by atoms with Crippen LogP contribution in [-0.2, 0) is 6.54 Å². The van der Waals surface area contributed by atoms with Crippen molar-refractivity contribution in [3.63, 3.8) is 0 Å². The average Bonchev–Trinajstić information content (AvgIpc) is 1.95. The number of anilines is 1. The highest BCUT2D eigenvalue weighted by Crippen LogP contribution is 2.16. The number of nitrogen functional groups attached to an aromatic ring is 1. The molecule has 0 atom stereocenters. The summed E-state index contributed by atoms with van der Waals surface area (Å²) in [6.07, 6.45) is 1.50. The smallest absolute Gasteiger partial charge is 0.0818 e. The maximum atomic E-state index is 5.61. The summed E-state index contributed by atoms with van der Waals surface area (Å²) < 4.78 is 0. The Morgan fingerprint density at radius 1 is 1.60 bits per heavy atom. The number of pyridine rings is 1. The summed E-state index contributed by atoms with van der Waals surface area (Å²) in [5.41, 5.74) is 12.1. The molecule has 54 valence electrons. The summed E-state index contributed by atoms with van der Waals surface area (Å²) in [5.74, 6) is 0. The van der Waals surface area contributed by atoms with Crippen molar-refractivity contribution in [3.05, 3.63) is 23.0 Å². The zero-order valence-corrected chi connectivity index (χ0v) is 6.10. The molecule has 0 amide bonds. The molecule has 0 bridgehead atoms. The molecule has 0 spiro atoms. The molecule has 0 saturated heterocycles. The van der Waals surface area contributed by atoms with E-state index in [0.717, 1.165) is 5.69 Å². The predicted octanol–water partition coefficient (Wildman–Crippen LogP) is 0.776. The maximum absolute atomic E-state index is 5.61. The van der Waals surface area contributed by atoms with Crippen LogP contribution < -0.4 is 11.5 Å². The van der Waals surface area contributed by atoms with Crippen LogP contribution >= 0.6 is 11.6 Å². The summed E-state index contributed by atoms with van der Waals surface area (Å²) in [6.45, 7) is 0.390. The minimum absolute atomic E-state index is 0.390. The van der Waals surface area contributed by atoms with Crippen LogP contribution in [0.3, 0.4) is 0 Å². The Balaban J connectivity index is 3.04. The molecule has 0 saturated carbocycles. The van der Waals surface area contributed by atoms with Crippen LogP contribution in [0.4, 0.5) is 5.69 Å². The van der Waals surface area contributed by atoms with Crippen molar-refractivity contribution in [1.82, 2.24) is 4.98 Å². The number of hydrogen-bond donors (Lipinski definition) is 2. The van der Waals surface area contributed by atoms with Gasteiger partial charge in [0.25, 0.3) is 0 Å². The van der Waals surface area contributed by atoms with Gasteiger partial charge in [-0.2, -0.15) is 0 Å². The largest absolute Gasteiger partial charge is 0.397 e. The van der Waals surface area contributed by atoms with Crippen molar-refractivity contribution in [3.8, 4) is 0 Å². The molecule has 10 heavy (non-hydrogen) atoms. The molecule has 4 N–H and O–H groups in total. The molecule has 0 fully saturated rings. The van der Waals surface area contributed by atoms with Crippen LogP contribution in [0.15, 0.2) is 12.3 Å². The standard InChI is InChI=1S/C6H8ClN3/c7-5-3-10-4(2-8)1-6(5)9/h1,3H,2,8H2,(H2,9,10). The number of nitrogens with two attached hydrogens (primary N) is 2. The molecule has 0 radical (unpaired) electrons. The van der Waals surface area contributed by atoms with E-state index in [9.17, 15) is 0 Å². The minimum Gasteiger partial charge on any atom is -0.397 e. The van der Waals surface area contributed by atoms with E-state index in [-0.39, 0.29) is 0 Å². The summed E-state index contributed by atoms with van der Waals surface area (Å²) in [5, 5.41) is 0.470. The van der Waals surface area contributed by atoms with Gasteiger partial charge in [0.2, 0.25) is 0 Å². The van der Waals surface area contributed by atoms with Gasteiger partial charge in [-0.15, -0.1) is 0 Å². The lowest BCUT2D eigenvalue weighted by atomic mass is 10.3. The highest BCUT2D eigenvalue weighted by atomic mass is 35.5. The Labute approximate surface area is 64.0 Å². The van der Waals surface area contributed by atoms with Crippen molar-refractivity contribution in [2.75, 3.05) is 5.73 Å². The third-order valence-electron chi connectivity index (χ3n) is 1.15. The minimum atomic E-state index is 0.390. The fourth-order valence-corrected chi connectivity index (χ4v) is 0.715. The molecule has 1 rings (SSSR count). The third-order valence-corrected chi connectivity index (χ3v) is 1.47. The van der Waals surface area contributed by atoms with Gasteiger partial charge in [-0.05, 0) is 6.07 Å². The van der Waals surface area contributed by atoms with Gasteiger partial charge in [0.05, 0.1) is 16.4 Å². The number of aromatic nitrogens is 1. The number of nitrogens with zero attached hydrogens (tertiary/aromatic N) is 1. The van der Waals surface area contributed by atoms with E-state index in [4.69, 9.17) is 23.1 Å². The van der Waals surface area contributed by atoms with Gasteiger partial charge in [0, 0.05) is 12.7 Å². The van der Waals surface area contributed by atoms with Gasteiger partial charge in [-0.25, -0.2) is 0 Å². The van der Waals surface area contributed by atoms with Crippen molar-refractivity contribution in [2.24, 2.45) is 5.73 Å². The van der Waals surface area contributed by atoms with Gasteiger partial charge < -0.3 is 11.5 Å². The van der Waals surface area contributed by atoms with E-state index in [0.29, 0.717) is 17.3 Å². The van der Waals surface area contributed by atoms with Gasteiger partial charge in [0.1, 0.15) is 0 Å². The van der Waals surface area contributed by atoms with Gasteiger partial charge >= 0.3 is 0 Å². The Hall–Kier alpha value is -0.800. The fourth-order valence-electron chi connectivity index (χ4n) is 0.611. The molecule has 0 aliphatic rings. The van der Waals surface area contributed by atoms with Gasteiger partial charge in [0.15, 0.2) is 0 Å². The van der Waals surface area contributed by atoms with Crippen molar-refractivity contribution in [2.45, 2.75) is 6.54 Å². The Kier molecular flexibility index (Phi) is 2.09. The SMILES string of the molecule is NCc1cc(N)c(Cl)cn1. The van der Waals surface area contributed by atoms with E-state index >= 15 is 0 Å². The predicted molar refractivity (Wildman–Crippen MR) is 41.6 cm³/mol. The summed E-state index contributed by atoms with van der Waals surface area (Å²) in [7, 11) is 0. The topological polar surface area (TPSA) is 64.9 Å². The summed E-state index contributed by atoms with van der Waals surface area (Å²) in [6, 6.07) is 1.67. The molecule has 4 heteroatoms. The van der Waals surface area contributed by atoms with Crippen LogP contribution in [0.2, 0.25) is 5.02 Å². The lowest BCUT2D eigenvalue weighted by Crippen LogP contribution is -2.00. The van der Waals surface area contributed by atoms with Crippen molar-refractivity contribution < 1.29 is 0 Å². The van der Waals surface area contributed by atoms with E-state index in [2.05, 4.69) is 4.98 Å². The Morgan fingerprint density at radius 2 is 2.30 bits per heavy atom. The van der Waals surface area contributed by atoms with Crippen LogP contribution in [0, 0.1) is 0 Å². The molecular formula is C6H8ClN3. The van der Waals surface area contributed by atoms with Crippen molar-refractivity contribution in [1.29, 1.82) is 0 Å². The van der Waals surface area contributed by atoms with E-state index < -0.39 is 0 Å². The van der Waals surface area contributed by atoms with E-state index in [1.807, 2.05) is 0 Å². The zero-order valence-electron chi connectivity index (χ0n) is 5.34. The summed E-state index contributed by atoms with van der Waals surface area (Å²) >= 11 is 5.61. The highest BCUT2D eigenvalue weighted by Gasteiger charge is 1.96. The Bertz CT molecular complexity index is 236. The molecule has 3 nitrogen and oxygen atoms in total. The normalized spacial score (nSPS) is 9.80. The molecule has 0 unspecified atom stereocenters. The van der Waals surface area contributed by atoms with Crippen LogP contribution in [-0.4, -0.2) is 4.98 Å². The zero-order chi connectivity index (χ0) is 7.56. The molecule has 0 aliphatic carbocycles. The summed E-state index contributed by atoms with van der Waals surface area (Å²) in [4.78, 5) is 3.92. The first kappa shape index (κ1) is 7.31. The monoisotopic (exact) mass is 157 g/mol. The second-order valence-electron chi connectivity index (χ2n) is 1.90. The fraction of sp³-hybridized carbons (Fsp3) is 0.167. The molecular weight excluding hydrogens is 150 g/mol. The number of hydrogen-bond acceptors (Lipinski definition) is 3. The highest BCUT2D eigenvalue weighted by molar-refractivity contribution is 6.32. The van der Waals surface area contributed by atoms with Gasteiger partial charge in [-0.1, -0.05) is 11.6 Å². The number of rotatable bonds is 1. The van der Waals surface area contributed by atoms with Crippen LogP contribution in [0.1, 0.15) is 5.69 Å². The first-order valence-electron chi connectivity index (χ1n) is 2.84. The van der Waals surface area contributed by atoms with Crippen LogP contribution in [0.5, 0.6) is 0 Å². The first-order valence-corrected chi connectivity index (χ1v) is 3.22. The van der Waals surface area contributed by atoms with Gasteiger partial charge in [-0.3, -0.25) is 4.98 Å². The molecule has 1 heterocycles. The third kappa shape index (κ3) is 1.37. The van der Waals surface area contributed by atoms with E-state index in [1.54, 1.807) is 6.07 Å². The quantitative estimate of drug-likeness (QED) is 0.633. The molecule has 0 aliphatic heterocycles. The maximum Gasteiger partial charge on any atom is 0.0818 e. The molecule has 0 aromatic carbocycles. The second kappa shape index (κ2) is 2.86. The second-order valence-corrected chi connectivity index (χ2v) is 2.31. The lowest BCUT2D eigenvalue weighted by Gasteiger charge is -1.98. The van der Waals surface area contributed by atoms with Crippen molar-refractivity contribution >= 4 is 17.3 Å². The van der Waals surface area contributed by atoms with E-state index in [1.165, 1.54) is 6.20 Å². The molecule has 1 aromatic rings. The lowest BCUT2D eigenvalue weighted by molar-refractivity contribution is 0.992. The van der Waals surface area contributed by atoms with Crippen LogP contribution in [0.25, 0.3) is 0 Å². The number of halogens is 1. The molecule has 1 aromatic heterocycles. The first-order chi connectivity index (χ1) is 4.74.